The molecule has 0 aliphatic heterocycles. The molecule has 0 saturated carbocycles. The summed E-state index contributed by atoms with van der Waals surface area (Å²) in [6.45, 7) is 3.05. The molecule has 1 aromatic rings. The van der Waals surface area contributed by atoms with Gasteiger partial charge in [-0.05, 0) is 32.0 Å². The Labute approximate surface area is 133 Å². The number of hydrogen-bond acceptors (Lipinski definition) is 4. The molecular formula is C13H14Cl2N2O3S. The van der Waals surface area contributed by atoms with E-state index in [9.17, 15) is 13.2 Å². The number of halogens is 2. The van der Waals surface area contributed by atoms with Gasteiger partial charge in [-0.1, -0.05) is 23.2 Å². The van der Waals surface area contributed by atoms with Crippen molar-refractivity contribution < 1.29 is 13.2 Å². The van der Waals surface area contributed by atoms with Crippen LogP contribution in [-0.2, 0) is 14.6 Å². The number of carbonyl (C=O) groups is 1. The summed E-state index contributed by atoms with van der Waals surface area (Å²) in [6, 6.07) is 5.87. The summed E-state index contributed by atoms with van der Waals surface area (Å²) in [6.07, 6.45) is -0.242. The predicted molar refractivity (Wildman–Crippen MR) is 81.0 cm³/mol. The first kappa shape index (κ1) is 17.8. The highest BCUT2D eigenvalue weighted by atomic mass is 35.5. The average Bonchev–Trinajstić information content (AvgIpc) is 2.39. The highest BCUT2D eigenvalue weighted by Crippen LogP contribution is 2.25. The lowest BCUT2D eigenvalue weighted by atomic mass is 10.1. The van der Waals surface area contributed by atoms with Gasteiger partial charge in [0.2, 0.25) is 5.91 Å². The first-order valence-electron chi connectivity index (χ1n) is 5.97. The molecule has 0 aliphatic rings. The molecule has 0 radical (unpaired) electrons. The van der Waals surface area contributed by atoms with Crippen LogP contribution >= 0.6 is 23.2 Å². The molecule has 0 bridgehead atoms. The zero-order valence-corrected chi connectivity index (χ0v) is 13.8. The van der Waals surface area contributed by atoms with E-state index in [0.29, 0.717) is 0 Å². The largest absolute Gasteiger partial charge is 0.338 e. The van der Waals surface area contributed by atoms with Crippen molar-refractivity contribution in [3.63, 3.8) is 0 Å². The van der Waals surface area contributed by atoms with E-state index in [-0.39, 0.29) is 27.1 Å². The van der Waals surface area contributed by atoms with E-state index in [4.69, 9.17) is 28.5 Å². The van der Waals surface area contributed by atoms with Crippen LogP contribution in [0.5, 0.6) is 0 Å². The number of rotatable bonds is 5. The van der Waals surface area contributed by atoms with Crippen LogP contribution in [0.25, 0.3) is 0 Å². The number of amides is 1. The van der Waals surface area contributed by atoms with Crippen LogP contribution in [0.1, 0.15) is 20.3 Å². The van der Waals surface area contributed by atoms with E-state index in [1.54, 1.807) is 0 Å². The number of sulfone groups is 1. The molecule has 0 fully saturated rings. The Balaban J connectivity index is 2.76. The highest BCUT2D eigenvalue weighted by Gasteiger charge is 2.22. The van der Waals surface area contributed by atoms with Gasteiger partial charge in [-0.2, -0.15) is 5.26 Å². The van der Waals surface area contributed by atoms with E-state index in [1.165, 1.54) is 32.0 Å². The minimum absolute atomic E-state index is 0.00393. The zero-order valence-electron chi connectivity index (χ0n) is 11.5. The van der Waals surface area contributed by atoms with Crippen LogP contribution in [0, 0.1) is 11.3 Å². The summed E-state index contributed by atoms with van der Waals surface area (Å²) in [7, 11) is -3.64. The van der Waals surface area contributed by atoms with Gasteiger partial charge in [0, 0.05) is 6.42 Å². The lowest BCUT2D eigenvalue weighted by Crippen LogP contribution is -2.42. The van der Waals surface area contributed by atoms with Gasteiger partial charge >= 0.3 is 0 Å². The molecule has 0 unspecified atom stereocenters. The maximum atomic E-state index is 12.1. The first-order valence-corrected chi connectivity index (χ1v) is 8.38. The number of benzene rings is 1. The maximum Gasteiger partial charge on any atom is 0.222 e. The third-order valence-electron chi connectivity index (χ3n) is 2.58. The molecule has 21 heavy (non-hydrogen) atoms. The Bertz CT molecular complexity index is 694. The molecular weight excluding hydrogens is 335 g/mol. The molecule has 0 heterocycles. The number of nitriles is 1. The quantitative estimate of drug-likeness (QED) is 0.885. The van der Waals surface area contributed by atoms with Gasteiger partial charge in [0.15, 0.2) is 9.84 Å². The monoisotopic (exact) mass is 348 g/mol. The molecule has 1 N–H and O–H groups in total. The van der Waals surface area contributed by atoms with Gasteiger partial charge in [-0.25, -0.2) is 8.42 Å². The van der Waals surface area contributed by atoms with Gasteiger partial charge in [-0.15, -0.1) is 0 Å². The van der Waals surface area contributed by atoms with Crippen LogP contribution < -0.4 is 5.32 Å². The lowest BCUT2D eigenvalue weighted by molar-refractivity contribution is -0.121. The molecule has 8 heteroatoms. The van der Waals surface area contributed by atoms with Crippen LogP contribution in [0.3, 0.4) is 0 Å². The van der Waals surface area contributed by atoms with E-state index in [2.05, 4.69) is 5.32 Å². The Morgan fingerprint density at radius 2 is 1.95 bits per heavy atom. The second-order valence-electron chi connectivity index (χ2n) is 4.93. The summed E-state index contributed by atoms with van der Waals surface area (Å²) in [5.41, 5.74) is -1.04. The summed E-state index contributed by atoms with van der Waals surface area (Å²) in [5.74, 6) is -0.886. The number of carbonyl (C=O) groups excluding carboxylic acids is 1. The Morgan fingerprint density at radius 1 is 1.33 bits per heavy atom. The molecule has 114 valence electrons. The number of nitrogens with zero attached hydrogens (tertiary/aromatic N) is 1. The number of hydrogen-bond donors (Lipinski definition) is 1. The van der Waals surface area contributed by atoms with Crippen LogP contribution in [-0.4, -0.2) is 25.6 Å². The van der Waals surface area contributed by atoms with Crippen molar-refractivity contribution in [2.75, 3.05) is 5.75 Å². The number of nitrogens with one attached hydrogen (secondary N) is 1. The second-order valence-corrected chi connectivity index (χ2v) is 7.85. The standard InChI is InChI=1S/C13H14Cl2N2O3S/c1-13(2,8-16)17-12(18)5-6-21(19,20)9-3-4-10(14)11(15)7-9/h3-4,7H,5-6H2,1-2H3,(H,17,18). The highest BCUT2D eigenvalue weighted by molar-refractivity contribution is 7.91. The normalized spacial score (nSPS) is 11.8. The lowest BCUT2D eigenvalue weighted by Gasteiger charge is -2.17. The van der Waals surface area contributed by atoms with Crippen LogP contribution in [0.15, 0.2) is 23.1 Å². The van der Waals surface area contributed by atoms with Gasteiger partial charge in [0.25, 0.3) is 0 Å². The van der Waals surface area contributed by atoms with E-state index < -0.39 is 21.3 Å². The third-order valence-corrected chi connectivity index (χ3v) is 5.03. The Hall–Kier alpha value is -1.29. The fourth-order valence-electron chi connectivity index (χ4n) is 1.45. The van der Waals surface area contributed by atoms with Gasteiger partial charge < -0.3 is 5.32 Å². The molecule has 5 nitrogen and oxygen atoms in total. The van der Waals surface area contributed by atoms with Gasteiger partial charge in [-0.3, -0.25) is 4.79 Å². The molecule has 1 rings (SSSR count). The molecule has 0 saturated heterocycles. The van der Waals surface area contributed by atoms with Crippen molar-refractivity contribution >= 4 is 38.9 Å². The smallest absolute Gasteiger partial charge is 0.222 e. The summed E-state index contributed by atoms with van der Waals surface area (Å²) < 4.78 is 24.2. The molecule has 0 spiro atoms. The first-order chi connectivity index (χ1) is 9.57. The fraction of sp³-hybridized carbons (Fsp3) is 0.385. The zero-order chi connectivity index (χ0) is 16.3. The molecule has 0 aromatic heterocycles. The van der Waals surface area contributed by atoms with Crippen molar-refractivity contribution in [2.24, 2.45) is 0 Å². The van der Waals surface area contributed by atoms with Crippen molar-refractivity contribution in [3.8, 4) is 6.07 Å². The van der Waals surface area contributed by atoms with Crippen molar-refractivity contribution in [1.29, 1.82) is 5.26 Å². The van der Waals surface area contributed by atoms with Crippen molar-refractivity contribution in [2.45, 2.75) is 30.7 Å². The van der Waals surface area contributed by atoms with Crippen LogP contribution in [0.4, 0.5) is 0 Å². The topological polar surface area (TPSA) is 87.0 Å². The van der Waals surface area contributed by atoms with E-state index in [0.717, 1.165) is 0 Å². The second kappa shape index (κ2) is 6.65. The van der Waals surface area contributed by atoms with Crippen LogP contribution in [0.2, 0.25) is 10.0 Å². The molecule has 0 aliphatic carbocycles. The van der Waals surface area contributed by atoms with E-state index in [1.807, 2.05) is 6.07 Å². The summed E-state index contributed by atoms with van der Waals surface area (Å²) in [4.78, 5) is 11.6. The summed E-state index contributed by atoms with van der Waals surface area (Å²) in [5, 5.41) is 11.6. The molecule has 1 aromatic carbocycles. The Kier molecular flexibility index (Phi) is 5.62. The fourth-order valence-corrected chi connectivity index (χ4v) is 3.08. The van der Waals surface area contributed by atoms with Crippen molar-refractivity contribution in [3.05, 3.63) is 28.2 Å². The SMILES string of the molecule is CC(C)(C#N)NC(=O)CCS(=O)(=O)c1ccc(Cl)c(Cl)c1. The summed E-state index contributed by atoms with van der Waals surface area (Å²) >= 11 is 11.5. The van der Waals surface area contributed by atoms with Gasteiger partial charge in [0.1, 0.15) is 5.54 Å². The van der Waals surface area contributed by atoms with E-state index >= 15 is 0 Å². The van der Waals surface area contributed by atoms with Gasteiger partial charge in [0.05, 0.1) is 26.8 Å². The van der Waals surface area contributed by atoms with Crippen molar-refractivity contribution in [1.82, 2.24) is 5.32 Å². The predicted octanol–water partition coefficient (Wildman–Crippen LogP) is 2.58. The minimum atomic E-state index is -3.64. The molecule has 0 atom stereocenters. The Morgan fingerprint density at radius 3 is 2.48 bits per heavy atom. The molecule has 1 amide bonds. The maximum absolute atomic E-state index is 12.1. The third kappa shape index (κ3) is 5.20. The minimum Gasteiger partial charge on any atom is -0.338 e. The average molecular weight is 349 g/mol.